The summed E-state index contributed by atoms with van der Waals surface area (Å²) in [6.45, 7) is 1.37. The summed E-state index contributed by atoms with van der Waals surface area (Å²) in [5.74, 6) is -0.0715. The van der Waals surface area contributed by atoms with Gasteiger partial charge in [0, 0.05) is 37.1 Å². The molecular weight excluding hydrogens is 403 g/mol. The molecule has 1 aliphatic rings. The number of nitrogens with two attached hydrogens (primary N) is 1. The normalized spacial score (nSPS) is 16.3. The Labute approximate surface area is 174 Å². The molecule has 1 atom stereocenters. The van der Waals surface area contributed by atoms with Crippen LogP contribution in [0.4, 0.5) is 24.5 Å². The summed E-state index contributed by atoms with van der Waals surface area (Å²) in [7, 11) is 0. The highest BCUT2D eigenvalue weighted by Crippen LogP contribution is 2.37. The second-order valence-corrected chi connectivity index (χ2v) is 6.74. The maximum atomic E-state index is 12.9. The van der Waals surface area contributed by atoms with Gasteiger partial charge in [0.15, 0.2) is 0 Å². The second-order valence-electron chi connectivity index (χ2n) is 6.74. The molecule has 0 bridgehead atoms. The number of para-hydroxylation sites is 1. The van der Waals surface area contributed by atoms with Crippen molar-refractivity contribution in [2.45, 2.75) is 12.6 Å². The smallest absolute Gasteiger partial charge is 0.352 e. The molecule has 0 spiro atoms. The molecule has 1 heterocycles. The maximum absolute atomic E-state index is 12.9. The molecule has 29 heavy (non-hydrogen) atoms. The number of carbonyl (C=O) groups is 1. The monoisotopic (exact) mass is 425 g/mol. The third kappa shape index (κ3) is 5.74. The fourth-order valence-electron chi connectivity index (χ4n) is 3.37. The van der Waals surface area contributed by atoms with Gasteiger partial charge < -0.3 is 16.0 Å². The van der Waals surface area contributed by atoms with E-state index in [9.17, 15) is 18.0 Å². The molecule has 3 rings (SSSR count). The maximum Gasteiger partial charge on any atom is 0.416 e. The topological polar surface area (TPSA) is 58.4 Å². The Morgan fingerprint density at radius 2 is 1.86 bits per heavy atom. The first-order valence-corrected chi connectivity index (χ1v) is 9.05. The van der Waals surface area contributed by atoms with Crippen molar-refractivity contribution in [1.29, 1.82) is 0 Å². The van der Waals surface area contributed by atoms with E-state index in [1.165, 1.54) is 18.2 Å². The third-order valence-electron chi connectivity index (χ3n) is 4.71. The van der Waals surface area contributed by atoms with Gasteiger partial charge in [-0.15, -0.1) is 12.4 Å². The predicted molar refractivity (Wildman–Crippen MR) is 111 cm³/mol. The van der Waals surface area contributed by atoms with Crippen LogP contribution in [0.1, 0.15) is 11.1 Å². The number of benzene rings is 2. The van der Waals surface area contributed by atoms with Crippen molar-refractivity contribution < 1.29 is 18.0 Å². The molecule has 8 heteroatoms. The van der Waals surface area contributed by atoms with E-state index >= 15 is 0 Å². The fourth-order valence-corrected chi connectivity index (χ4v) is 3.37. The van der Waals surface area contributed by atoms with E-state index in [0.29, 0.717) is 25.3 Å². The van der Waals surface area contributed by atoms with E-state index in [1.807, 2.05) is 29.2 Å². The van der Waals surface area contributed by atoms with Crippen LogP contribution < -0.4 is 16.0 Å². The summed E-state index contributed by atoms with van der Waals surface area (Å²) in [6, 6.07) is 13.0. The van der Waals surface area contributed by atoms with Crippen molar-refractivity contribution >= 4 is 29.7 Å². The summed E-state index contributed by atoms with van der Waals surface area (Å²) >= 11 is 0. The van der Waals surface area contributed by atoms with Crippen LogP contribution in [0.25, 0.3) is 0 Å². The quantitative estimate of drug-likeness (QED) is 0.710. The summed E-state index contributed by atoms with van der Waals surface area (Å²) in [6.07, 6.45) is -0.583. The number of amides is 1. The zero-order chi connectivity index (χ0) is 20.1. The molecule has 0 saturated heterocycles. The Hall–Kier alpha value is -2.51. The van der Waals surface area contributed by atoms with Gasteiger partial charge in [-0.3, -0.25) is 4.79 Å². The minimum Gasteiger partial charge on any atom is -0.352 e. The molecule has 0 aliphatic carbocycles. The molecule has 0 saturated carbocycles. The van der Waals surface area contributed by atoms with Gasteiger partial charge in [0.25, 0.3) is 0 Å². The van der Waals surface area contributed by atoms with E-state index in [2.05, 4.69) is 5.32 Å². The number of anilines is 2. The first-order chi connectivity index (χ1) is 13.4. The highest BCUT2D eigenvalue weighted by atomic mass is 35.5. The van der Waals surface area contributed by atoms with Crippen LogP contribution in [0.15, 0.2) is 60.7 Å². The number of fused-ring (bicyclic) bond motifs is 1. The first kappa shape index (κ1) is 22.8. The number of carbonyl (C=O) groups excluding carboxylic acids is 1. The van der Waals surface area contributed by atoms with Gasteiger partial charge in [0.1, 0.15) is 0 Å². The molecule has 1 amide bonds. The average molecular weight is 426 g/mol. The highest BCUT2D eigenvalue weighted by molar-refractivity contribution is 5.87. The Balaban J connectivity index is 0.00000300. The highest BCUT2D eigenvalue weighted by Gasteiger charge is 2.31. The van der Waals surface area contributed by atoms with Crippen molar-refractivity contribution in [2.24, 2.45) is 11.7 Å². The van der Waals surface area contributed by atoms with Crippen molar-refractivity contribution in [2.75, 3.05) is 24.5 Å². The summed E-state index contributed by atoms with van der Waals surface area (Å²) in [5, 5.41) is 2.86. The van der Waals surface area contributed by atoms with Gasteiger partial charge in [0.2, 0.25) is 5.91 Å². The van der Waals surface area contributed by atoms with Crippen molar-refractivity contribution in [3.05, 3.63) is 71.8 Å². The zero-order valence-electron chi connectivity index (χ0n) is 15.7. The summed E-state index contributed by atoms with van der Waals surface area (Å²) in [5.41, 5.74) is 7.45. The summed E-state index contributed by atoms with van der Waals surface area (Å²) < 4.78 is 38.6. The molecule has 0 fully saturated rings. The van der Waals surface area contributed by atoms with E-state index in [4.69, 9.17) is 5.73 Å². The molecule has 0 radical (unpaired) electrons. The van der Waals surface area contributed by atoms with E-state index in [0.717, 1.165) is 29.8 Å². The summed E-state index contributed by atoms with van der Waals surface area (Å²) in [4.78, 5) is 13.8. The number of nitrogens with zero attached hydrogens (tertiary/aromatic N) is 1. The molecule has 2 aromatic carbocycles. The van der Waals surface area contributed by atoms with Crippen LogP contribution in [-0.2, 0) is 17.4 Å². The van der Waals surface area contributed by atoms with Crippen molar-refractivity contribution in [1.82, 2.24) is 5.32 Å². The molecule has 3 N–H and O–H groups in total. The number of halogens is 4. The van der Waals surface area contributed by atoms with Gasteiger partial charge in [-0.2, -0.15) is 13.2 Å². The minimum absolute atomic E-state index is 0. The average Bonchev–Trinajstić information content (AvgIpc) is 2.69. The fraction of sp³-hybridized carbons (Fsp3) is 0.286. The Morgan fingerprint density at radius 1 is 1.17 bits per heavy atom. The largest absolute Gasteiger partial charge is 0.416 e. The molecule has 2 aromatic rings. The lowest BCUT2D eigenvalue weighted by atomic mass is 9.91. The zero-order valence-corrected chi connectivity index (χ0v) is 16.5. The van der Waals surface area contributed by atoms with Gasteiger partial charge in [-0.1, -0.05) is 24.3 Å². The van der Waals surface area contributed by atoms with Crippen LogP contribution >= 0.6 is 12.4 Å². The number of hydrogen-bond acceptors (Lipinski definition) is 3. The predicted octanol–water partition coefficient (Wildman–Crippen LogP) is 4.07. The van der Waals surface area contributed by atoms with E-state index in [-0.39, 0.29) is 24.2 Å². The molecular formula is C21H23ClF3N3O. The Bertz CT molecular complexity index is 853. The van der Waals surface area contributed by atoms with E-state index < -0.39 is 11.7 Å². The van der Waals surface area contributed by atoms with Crippen molar-refractivity contribution in [3.8, 4) is 0 Å². The molecule has 0 aromatic heterocycles. The van der Waals surface area contributed by atoms with Crippen LogP contribution in [0, 0.1) is 5.92 Å². The molecule has 4 nitrogen and oxygen atoms in total. The van der Waals surface area contributed by atoms with Gasteiger partial charge in [-0.05, 0) is 48.2 Å². The molecule has 156 valence electrons. The van der Waals surface area contributed by atoms with Gasteiger partial charge >= 0.3 is 6.18 Å². The van der Waals surface area contributed by atoms with Gasteiger partial charge in [0.05, 0.1) is 5.56 Å². The van der Waals surface area contributed by atoms with E-state index in [1.54, 1.807) is 6.08 Å². The number of alkyl halides is 3. The standard InChI is InChI=1S/C21H22F3N3O.ClH/c22-21(23,24)17-7-9-18(10-8-17)27-14-15(13-26-20(28)6-3-11-25)12-16-4-1-2-5-19(16)27;/h1-10,15H,11-14,25H2,(H,26,28);1H. The van der Waals surface area contributed by atoms with Crippen molar-refractivity contribution in [3.63, 3.8) is 0 Å². The first-order valence-electron chi connectivity index (χ1n) is 9.05. The van der Waals surface area contributed by atoms with Gasteiger partial charge in [-0.25, -0.2) is 0 Å². The Morgan fingerprint density at radius 3 is 2.52 bits per heavy atom. The third-order valence-corrected chi connectivity index (χ3v) is 4.71. The van der Waals surface area contributed by atoms with Crippen LogP contribution in [0.5, 0.6) is 0 Å². The number of nitrogens with one attached hydrogen (secondary N) is 1. The lowest BCUT2D eigenvalue weighted by Gasteiger charge is -2.36. The second kappa shape index (κ2) is 9.80. The lowest BCUT2D eigenvalue weighted by molar-refractivity contribution is -0.137. The van der Waals surface area contributed by atoms with Crippen LogP contribution in [0.2, 0.25) is 0 Å². The SMILES string of the molecule is Cl.NCC=CC(=O)NCC1Cc2ccccc2N(c2ccc(C(F)(F)F)cc2)C1. The number of hydrogen-bond donors (Lipinski definition) is 2. The lowest BCUT2D eigenvalue weighted by Crippen LogP contribution is -2.39. The van der Waals surface area contributed by atoms with Crippen LogP contribution in [0.3, 0.4) is 0 Å². The van der Waals surface area contributed by atoms with Crippen LogP contribution in [-0.4, -0.2) is 25.5 Å². The molecule has 1 unspecified atom stereocenters. The Kier molecular flexibility index (Phi) is 7.70. The number of rotatable bonds is 5. The molecule has 1 aliphatic heterocycles. The minimum atomic E-state index is -4.36.